The summed E-state index contributed by atoms with van der Waals surface area (Å²) in [5.74, 6) is 0.0819. The Morgan fingerprint density at radius 1 is 1.43 bits per heavy atom. The van der Waals surface area contributed by atoms with Gasteiger partial charge in [0.1, 0.15) is 5.75 Å². The van der Waals surface area contributed by atoms with Crippen molar-refractivity contribution < 1.29 is 17.2 Å². The zero-order valence-electron chi connectivity index (χ0n) is 7.38. The van der Waals surface area contributed by atoms with E-state index < -0.39 is 10.4 Å². The molecule has 0 spiro atoms. The maximum absolute atomic E-state index is 10.4. The molecule has 0 unspecified atom stereocenters. The summed E-state index contributed by atoms with van der Waals surface area (Å²) in [6.07, 6.45) is 0.628. The fourth-order valence-electron chi connectivity index (χ4n) is 1.04. The first-order valence-electron chi connectivity index (χ1n) is 3.97. The molecule has 0 heterocycles. The molecule has 1 aromatic rings. The highest BCUT2D eigenvalue weighted by Crippen LogP contribution is 2.14. The van der Waals surface area contributed by atoms with E-state index in [2.05, 4.69) is 4.18 Å². The monoisotopic (exact) mass is 217 g/mol. The normalized spacial score (nSPS) is 11.3. The van der Waals surface area contributed by atoms with Gasteiger partial charge in [-0.05, 0) is 30.7 Å². The quantitative estimate of drug-likeness (QED) is 0.711. The highest BCUT2D eigenvalue weighted by atomic mass is 32.3. The van der Waals surface area contributed by atoms with E-state index in [-0.39, 0.29) is 5.75 Å². The van der Waals surface area contributed by atoms with E-state index in [4.69, 9.17) is 10.3 Å². The third-order valence-corrected chi connectivity index (χ3v) is 1.94. The summed E-state index contributed by atoms with van der Waals surface area (Å²) < 4.78 is 33.4. The topological polar surface area (TPSA) is 89.6 Å². The maximum atomic E-state index is 10.4. The largest absolute Gasteiger partial charge is 0.446 e. The van der Waals surface area contributed by atoms with Gasteiger partial charge in [0, 0.05) is 0 Å². The second-order valence-electron chi connectivity index (χ2n) is 2.70. The Morgan fingerprint density at radius 3 is 2.71 bits per heavy atom. The molecule has 0 saturated heterocycles. The second-order valence-corrected chi connectivity index (χ2v) is 3.72. The molecular formula is C8H11NO4S. The van der Waals surface area contributed by atoms with Crippen molar-refractivity contribution in [3.8, 4) is 5.75 Å². The van der Waals surface area contributed by atoms with Crippen molar-refractivity contribution in [2.24, 2.45) is 5.73 Å². The molecule has 0 aromatic heterocycles. The van der Waals surface area contributed by atoms with E-state index >= 15 is 0 Å². The summed E-state index contributed by atoms with van der Waals surface area (Å²) in [6.45, 7) is 0.468. The summed E-state index contributed by atoms with van der Waals surface area (Å²) in [5, 5.41) is 0. The van der Waals surface area contributed by atoms with E-state index in [1.165, 1.54) is 12.1 Å². The number of rotatable bonds is 4. The Kier molecular flexibility index (Phi) is 3.45. The molecule has 0 saturated carbocycles. The molecule has 0 aliphatic rings. The summed E-state index contributed by atoms with van der Waals surface area (Å²) in [6, 6.07) is 6.38. The molecule has 3 N–H and O–H groups in total. The molecule has 0 radical (unpaired) electrons. The van der Waals surface area contributed by atoms with Crippen LogP contribution in [-0.2, 0) is 16.8 Å². The Bertz CT molecular complexity index is 402. The van der Waals surface area contributed by atoms with Crippen LogP contribution in [-0.4, -0.2) is 19.5 Å². The van der Waals surface area contributed by atoms with E-state index in [9.17, 15) is 8.42 Å². The van der Waals surface area contributed by atoms with Crippen LogP contribution in [0.1, 0.15) is 5.56 Å². The molecule has 6 heteroatoms. The smallest absolute Gasteiger partial charge is 0.362 e. The minimum Gasteiger partial charge on any atom is -0.362 e. The number of hydrogen-bond acceptors (Lipinski definition) is 4. The van der Waals surface area contributed by atoms with Crippen LogP contribution in [0.15, 0.2) is 24.3 Å². The van der Waals surface area contributed by atoms with Gasteiger partial charge in [0.05, 0.1) is 0 Å². The molecule has 1 aromatic carbocycles. The number of benzene rings is 1. The fourth-order valence-corrected chi connectivity index (χ4v) is 1.39. The van der Waals surface area contributed by atoms with Gasteiger partial charge in [-0.2, -0.15) is 8.42 Å². The second kappa shape index (κ2) is 4.41. The van der Waals surface area contributed by atoms with Crippen LogP contribution in [0.4, 0.5) is 0 Å². The molecule has 78 valence electrons. The van der Waals surface area contributed by atoms with Gasteiger partial charge in [0.2, 0.25) is 0 Å². The summed E-state index contributed by atoms with van der Waals surface area (Å²) in [5.41, 5.74) is 6.18. The SMILES string of the molecule is NCCc1cccc(OS(=O)(=O)O)c1. The van der Waals surface area contributed by atoms with Crippen molar-refractivity contribution >= 4 is 10.4 Å². The molecule has 0 amide bonds. The van der Waals surface area contributed by atoms with Crippen molar-refractivity contribution in [2.45, 2.75) is 6.42 Å². The van der Waals surface area contributed by atoms with Gasteiger partial charge in [-0.1, -0.05) is 12.1 Å². The zero-order valence-corrected chi connectivity index (χ0v) is 8.20. The molecule has 1 rings (SSSR count). The van der Waals surface area contributed by atoms with Crippen molar-refractivity contribution in [2.75, 3.05) is 6.54 Å². The lowest BCUT2D eigenvalue weighted by Crippen LogP contribution is -2.07. The third-order valence-electron chi connectivity index (χ3n) is 1.53. The van der Waals surface area contributed by atoms with Crippen LogP contribution in [0, 0.1) is 0 Å². The summed E-state index contributed by atoms with van der Waals surface area (Å²) >= 11 is 0. The lowest BCUT2D eigenvalue weighted by atomic mass is 10.1. The average Bonchev–Trinajstić information content (AvgIpc) is 2.02. The van der Waals surface area contributed by atoms with Crippen LogP contribution in [0.3, 0.4) is 0 Å². The highest BCUT2D eigenvalue weighted by molar-refractivity contribution is 7.81. The zero-order chi connectivity index (χ0) is 10.6. The van der Waals surface area contributed by atoms with Crippen LogP contribution in [0.2, 0.25) is 0 Å². The minimum absolute atomic E-state index is 0.0819. The van der Waals surface area contributed by atoms with Crippen LogP contribution < -0.4 is 9.92 Å². The number of nitrogens with two attached hydrogens (primary N) is 1. The molecule has 0 aliphatic carbocycles. The maximum Gasteiger partial charge on any atom is 0.446 e. The van der Waals surface area contributed by atoms with Gasteiger partial charge in [-0.15, -0.1) is 0 Å². The Balaban J connectivity index is 2.83. The molecule has 0 fully saturated rings. The van der Waals surface area contributed by atoms with Crippen molar-refractivity contribution in [1.82, 2.24) is 0 Å². The highest BCUT2D eigenvalue weighted by Gasteiger charge is 2.06. The van der Waals surface area contributed by atoms with Crippen LogP contribution >= 0.6 is 0 Å². The summed E-state index contributed by atoms with van der Waals surface area (Å²) in [7, 11) is -4.44. The van der Waals surface area contributed by atoms with E-state index in [1.807, 2.05) is 0 Å². The first-order valence-corrected chi connectivity index (χ1v) is 5.34. The first kappa shape index (κ1) is 11.0. The lowest BCUT2D eigenvalue weighted by molar-refractivity contribution is 0.386. The standard InChI is InChI=1S/C8H11NO4S/c9-5-4-7-2-1-3-8(6-7)13-14(10,11)12/h1-3,6H,4-5,9H2,(H,10,11,12). The molecule has 0 aliphatic heterocycles. The Labute approximate surface area is 82.5 Å². The predicted octanol–water partition coefficient (Wildman–Crippen LogP) is 0.369. The molecule has 14 heavy (non-hydrogen) atoms. The van der Waals surface area contributed by atoms with Crippen LogP contribution in [0.5, 0.6) is 5.75 Å². The molecule has 0 bridgehead atoms. The van der Waals surface area contributed by atoms with E-state index in [0.717, 1.165) is 5.56 Å². The Morgan fingerprint density at radius 2 is 2.14 bits per heavy atom. The van der Waals surface area contributed by atoms with Crippen molar-refractivity contribution in [1.29, 1.82) is 0 Å². The van der Waals surface area contributed by atoms with E-state index in [0.29, 0.717) is 13.0 Å². The third kappa shape index (κ3) is 3.73. The lowest BCUT2D eigenvalue weighted by Gasteiger charge is -2.03. The van der Waals surface area contributed by atoms with Gasteiger partial charge in [-0.3, -0.25) is 4.55 Å². The first-order chi connectivity index (χ1) is 6.51. The fraction of sp³-hybridized carbons (Fsp3) is 0.250. The van der Waals surface area contributed by atoms with Gasteiger partial charge < -0.3 is 9.92 Å². The summed E-state index contributed by atoms with van der Waals surface area (Å²) in [4.78, 5) is 0. The van der Waals surface area contributed by atoms with Crippen molar-refractivity contribution in [3.05, 3.63) is 29.8 Å². The Hall–Kier alpha value is -1.11. The van der Waals surface area contributed by atoms with Gasteiger partial charge >= 0.3 is 10.4 Å². The molecule has 0 atom stereocenters. The molecular weight excluding hydrogens is 206 g/mol. The van der Waals surface area contributed by atoms with Gasteiger partial charge in [-0.25, -0.2) is 0 Å². The van der Waals surface area contributed by atoms with Gasteiger partial charge in [0.25, 0.3) is 0 Å². The van der Waals surface area contributed by atoms with Crippen molar-refractivity contribution in [3.63, 3.8) is 0 Å². The predicted molar refractivity (Wildman–Crippen MR) is 51.4 cm³/mol. The van der Waals surface area contributed by atoms with Crippen LogP contribution in [0.25, 0.3) is 0 Å². The molecule has 5 nitrogen and oxygen atoms in total. The van der Waals surface area contributed by atoms with Gasteiger partial charge in [0.15, 0.2) is 0 Å². The van der Waals surface area contributed by atoms with E-state index in [1.54, 1.807) is 12.1 Å². The minimum atomic E-state index is -4.44. The average molecular weight is 217 g/mol. The number of hydrogen-bond donors (Lipinski definition) is 2.